The highest BCUT2D eigenvalue weighted by molar-refractivity contribution is 7.89. The summed E-state index contributed by atoms with van der Waals surface area (Å²) in [5, 5.41) is 11.8. The topological polar surface area (TPSA) is 86.7 Å². The van der Waals surface area contributed by atoms with E-state index < -0.39 is 26.6 Å². The second-order valence-electron chi connectivity index (χ2n) is 6.11. The maximum Gasteiger partial charge on any atom is 0.255 e. The van der Waals surface area contributed by atoms with Gasteiger partial charge in [0.25, 0.3) is 5.91 Å². The lowest BCUT2D eigenvalue weighted by atomic mass is 10.2. The summed E-state index contributed by atoms with van der Waals surface area (Å²) in [6, 6.07) is 9.11. The van der Waals surface area contributed by atoms with Gasteiger partial charge in [-0.25, -0.2) is 12.8 Å². The van der Waals surface area contributed by atoms with Crippen LogP contribution < -0.4 is 5.32 Å². The van der Waals surface area contributed by atoms with Gasteiger partial charge in [0.2, 0.25) is 10.0 Å². The van der Waals surface area contributed by atoms with Crippen molar-refractivity contribution in [3.8, 4) is 5.75 Å². The van der Waals surface area contributed by atoms with E-state index in [2.05, 4.69) is 5.32 Å². The second kappa shape index (κ2) is 7.43. The van der Waals surface area contributed by atoms with E-state index in [-0.39, 0.29) is 11.3 Å². The predicted molar refractivity (Wildman–Crippen MR) is 95.1 cm³/mol. The number of aromatic hydroxyl groups is 1. The number of rotatable bonds is 4. The molecule has 0 aliphatic carbocycles. The monoisotopic (exact) mass is 378 g/mol. The molecule has 0 bridgehead atoms. The number of hydrogen-bond acceptors (Lipinski definition) is 4. The molecule has 138 valence electrons. The van der Waals surface area contributed by atoms with Crippen LogP contribution in [0.4, 0.5) is 10.1 Å². The largest absolute Gasteiger partial charge is 0.508 e. The van der Waals surface area contributed by atoms with Crippen molar-refractivity contribution in [1.82, 2.24) is 4.31 Å². The van der Waals surface area contributed by atoms with E-state index in [9.17, 15) is 22.7 Å². The summed E-state index contributed by atoms with van der Waals surface area (Å²) in [7, 11) is -3.98. The highest BCUT2D eigenvalue weighted by atomic mass is 32.2. The third-order valence-electron chi connectivity index (χ3n) is 4.25. The number of carbonyl (C=O) groups is 1. The van der Waals surface area contributed by atoms with Crippen LogP contribution in [0, 0.1) is 5.82 Å². The molecule has 26 heavy (non-hydrogen) atoms. The van der Waals surface area contributed by atoms with Crippen LogP contribution in [0.2, 0.25) is 0 Å². The number of phenolic OH excluding ortho intramolecular Hbond substituents is 1. The number of carbonyl (C=O) groups excluding carboxylic acids is 1. The van der Waals surface area contributed by atoms with Crippen molar-refractivity contribution in [1.29, 1.82) is 0 Å². The normalized spacial score (nSPS) is 15.6. The molecule has 0 saturated carbocycles. The summed E-state index contributed by atoms with van der Waals surface area (Å²) in [6.07, 6.45) is 2.42. The molecule has 2 aromatic carbocycles. The van der Waals surface area contributed by atoms with Crippen LogP contribution in [0.25, 0.3) is 0 Å². The fourth-order valence-electron chi connectivity index (χ4n) is 2.83. The van der Waals surface area contributed by atoms with Crippen molar-refractivity contribution >= 4 is 21.6 Å². The number of benzene rings is 2. The van der Waals surface area contributed by atoms with E-state index in [4.69, 9.17) is 0 Å². The summed E-state index contributed by atoms with van der Waals surface area (Å²) >= 11 is 0. The lowest BCUT2D eigenvalue weighted by Crippen LogP contribution is -2.36. The van der Waals surface area contributed by atoms with Gasteiger partial charge in [0.05, 0.1) is 0 Å². The average Bonchev–Trinajstić information content (AvgIpc) is 2.64. The van der Waals surface area contributed by atoms with Crippen LogP contribution in [0.1, 0.15) is 29.6 Å². The Hall–Kier alpha value is -2.45. The molecule has 1 amide bonds. The van der Waals surface area contributed by atoms with Crippen molar-refractivity contribution in [3.63, 3.8) is 0 Å². The average molecular weight is 378 g/mol. The summed E-state index contributed by atoms with van der Waals surface area (Å²) in [6.45, 7) is 0.706. The van der Waals surface area contributed by atoms with Gasteiger partial charge in [-0.05, 0) is 55.3 Å². The molecule has 2 N–H and O–H groups in total. The first kappa shape index (κ1) is 18.3. The molecule has 0 atom stereocenters. The van der Waals surface area contributed by atoms with E-state index in [1.807, 2.05) is 0 Å². The molecule has 1 aliphatic rings. The molecule has 0 aromatic heterocycles. The molecule has 1 heterocycles. The first-order valence-corrected chi connectivity index (χ1v) is 9.72. The maximum absolute atomic E-state index is 14.2. The van der Waals surface area contributed by atoms with Gasteiger partial charge in [0.1, 0.15) is 16.5 Å². The van der Waals surface area contributed by atoms with E-state index in [0.29, 0.717) is 18.8 Å². The molecule has 1 fully saturated rings. The zero-order valence-electron chi connectivity index (χ0n) is 14.0. The first-order valence-electron chi connectivity index (χ1n) is 8.28. The predicted octanol–water partition coefficient (Wildman–Crippen LogP) is 2.96. The minimum Gasteiger partial charge on any atom is -0.508 e. The van der Waals surface area contributed by atoms with Crippen molar-refractivity contribution in [2.45, 2.75) is 24.2 Å². The van der Waals surface area contributed by atoms with Crippen LogP contribution in [-0.2, 0) is 10.0 Å². The smallest absolute Gasteiger partial charge is 0.255 e. The second-order valence-corrected chi connectivity index (χ2v) is 8.02. The van der Waals surface area contributed by atoms with Crippen LogP contribution in [0.3, 0.4) is 0 Å². The van der Waals surface area contributed by atoms with Gasteiger partial charge < -0.3 is 10.4 Å². The van der Waals surface area contributed by atoms with Crippen LogP contribution in [0.15, 0.2) is 47.4 Å². The van der Waals surface area contributed by atoms with E-state index >= 15 is 0 Å². The Morgan fingerprint density at radius 3 is 2.35 bits per heavy atom. The number of amides is 1. The molecule has 0 unspecified atom stereocenters. The van der Waals surface area contributed by atoms with Crippen molar-refractivity contribution in [3.05, 3.63) is 53.8 Å². The minimum atomic E-state index is -3.98. The number of piperidine rings is 1. The van der Waals surface area contributed by atoms with Gasteiger partial charge in [-0.2, -0.15) is 4.31 Å². The fraction of sp³-hybridized carbons (Fsp3) is 0.278. The van der Waals surface area contributed by atoms with Crippen LogP contribution in [0.5, 0.6) is 5.75 Å². The molecule has 8 heteroatoms. The third kappa shape index (κ3) is 3.86. The first-order chi connectivity index (χ1) is 12.4. The number of nitrogens with one attached hydrogen (secondary N) is 1. The van der Waals surface area contributed by atoms with E-state index in [1.54, 1.807) is 0 Å². The molecule has 2 aromatic rings. The van der Waals surface area contributed by atoms with Gasteiger partial charge >= 0.3 is 0 Å². The number of anilines is 1. The van der Waals surface area contributed by atoms with E-state index in [0.717, 1.165) is 31.4 Å². The number of halogens is 1. The third-order valence-corrected chi connectivity index (χ3v) is 6.17. The zero-order valence-corrected chi connectivity index (χ0v) is 14.8. The lowest BCUT2D eigenvalue weighted by Gasteiger charge is -2.26. The Morgan fingerprint density at radius 2 is 1.69 bits per heavy atom. The number of hydrogen-bond donors (Lipinski definition) is 2. The van der Waals surface area contributed by atoms with Gasteiger partial charge in [-0.1, -0.05) is 6.42 Å². The lowest BCUT2D eigenvalue weighted by molar-refractivity contribution is 0.102. The Balaban J connectivity index is 1.87. The molecule has 0 spiro atoms. The van der Waals surface area contributed by atoms with Gasteiger partial charge in [0.15, 0.2) is 0 Å². The molecule has 0 radical (unpaired) electrons. The van der Waals surface area contributed by atoms with Crippen LogP contribution >= 0.6 is 0 Å². The van der Waals surface area contributed by atoms with Crippen molar-refractivity contribution < 1.29 is 22.7 Å². The SMILES string of the molecule is O=C(Nc1ccc(O)cc1)c1ccc(F)c(S(=O)(=O)N2CCCCC2)c1. The van der Waals surface area contributed by atoms with Gasteiger partial charge in [0, 0.05) is 24.3 Å². The van der Waals surface area contributed by atoms with Crippen molar-refractivity contribution in [2.24, 2.45) is 0 Å². The molecule has 3 rings (SSSR count). The Labute approximate surface area is 151 Å². The standard InChI is InChI=1S/C18H19FN2O4S/c19-16-9-4-13(18(23)20-14-5-7-15(22)8-6-14)12-17(16)26(24,25)21-10-2-1-3-11-21/h4-9,12,22H,1-3,10-11H2,(H,20,23). The number of phenols is 1. The number of nitrogens with zero attached hydrogens (tertiary/aromatic N) is 1. The highest BCUT2D eigenvalue weighted by Crippen LogP contribution is 2.24. The summed E-state index contributed by atoms with van der Waals surface area (Å²) in [5.74, 6) is -1.39. The summed E-state index contributed by atoms with van der Waals surface area (Å²) in [5.41, 5.74) is 0.465. The maximum atomic E-state index is 14.2. The van der Waals surface area contributed by atoms with Crippen LogP contribution in [-0.4, -0.2) is 36.8 Å². The number of sulfonamides is 1. The molecular weight excluding hydrogens is 359 g/mol. The van der Waals surface area contributed by atoms with Crippen molar-refractivity contribution in [2.75, 3.05) is 18.4 Å². The Bertz CT molecular complexity index is 907. The summed E-state index contributed by atoms with van der Waals surface area (Å²) in [4.78, 5) is 11.9. The quantitative estimate of drug-likeness (QED) is 0.801. The zero-order chi connectivity index (χ0) is 18.7. The highest BCUT2D eigenvalue weighted by Gasteiger charge is 2.29. The molecular formula is C18H19FN2O4S. The summed E-state index contributed by atoms with van der Waals surface area (Å²) < 4.78 is 40.9. The Morgan fingerprint density at radius 1 is 1.04 bits per heavy atom. The molecule has 1 saturated heterocycles. The minimum absolute atomic E-state index is 0.0371. The van der Waals surface area contributed by atoms with Gasteiger partial charge in [-0.3, -0.25) is 4.79 Å². The molecule has 6 nitrogen and oxygen atoms in total. The Kier molecular flexibility index (Phi) is 5.24. The fourth-order valence-corrected chi connectivity index (χ4v) is 4.44. The van der Waals surface area contributed by atoms with E-state index in [1.165, 1.54) is 34.6 Å². The molecule has 1 aliphatic heterocycles. The van der Waals surface area contributed by atoms with Gasteiger partial charge in [-0.15, -0.1) is 0 Å².